The van der Waals surface area contributed by atoms with E-state index in [-0.39, 0.29) is 10.8 Å². The van der Waals surface area contributed by atoms with Gasteiger partial charge in [-0.3, -0.25) is 4.79 Å². The fourth-order valence-corrected chi connectivity index (χ4v) is 6.96. The number of amides is 1. The summed E-state index contributed by atoms with van der Waals surface area (Å²) in [6, 6.07) is 9.85. The summed E-state index contributed by atoms with van der Waals surface area (Å²) in [5.41, 5.74) is 2.24. The highest BCUT2D eigenvalue weighted by molar-refractivity contribution is 7.89. The number of likely N-dealkylation sites (tertiary alicyclic amines) is 1. The molecule has 3 heterocycles. The van der Waals surface area contributed by atoms with Gasteiger partial charge in [-0.1, -0.05) is 24.3 Å². The first-order valence-corrected chi connectivity index (χ1v) is 12.3. The fourth-order valence-electron chi connectivity index (χ4n) is 4.17. The van der Waals surface area contributed by atoms with Crippen molar-refractivity contribution in [2.45, 2.75) is 36.7 Å². The molecule has 2 aliphatic heterocycles. The molecule has 0 saturated carbocycles. The number of hydrogen-bond donors (Lipinski definition) is 0. The van der Waals surface area contributed by atoms with Crippen molar-refractivity contribution in [1.29, 1.82) is 0 Å². The Bertz CT molecular complexity index is 1000. The first-order chi connectivity index (χ1) is 13.9. The summed E-state index contributed by atoms with van der Waals surface area (Å²) >= 11 is 1.23. The van der Waals surface area contributed by atoms with Gasteiger partial charge in [0.2, 0.25) is 10.0 Å². The van der Waals surface area contributed by atoms with E-state index >= 15 is 0 Å². The number of carbonyl (C=O) groups excluding carboxylic acids is 1. The predicted molar refractivity (Wildman–Crippen MR) is 115 cm³/mol. The van der Waals surface area contributed by atoms with Crippen LogP contribution in [0, 0.1) is 0 Å². The van der Waals surface area contributed by atoms with Crippen LogP contribution >= 0.6 is 11.3 Å². The van der Waals surface area contributed by atoms with Gasteiger partial charge in [-0.05, 0) is 55.9 Å². The Morgan fingerprint density at radius 3 is 2.66 bits per heavy atom. The third-order valence-electron chi connectivity index (χ3n) is 5.95. The number of sulfonamides is 1. The van der Waals surface area contributed by atoms with Crippen LogP contribution in [0.2, 0.25) is 0 Å². The van der Waals surface area contributed by atoms with Crippen molar-refractivity contribution < 1.29 is 13.2 Å². The quantitative estimate of drug-likeness (QED) is 0.744. The van der Waals surface area contributed by atoms with Gasteiger partial charge in [0.1, 0.15) is 9.77 Å². The van der Waals surface area contributed by atoms with Crippen LogP contribution in [-0.2, 0) is 23.0 Å². The largest absolute Gasteiger partial charge is 0.336 e. The van der Waals surface area contributed by atoms with Crippen LogP contribution in [0.4, 0.5) is 0 Å². The number of likely N-dealkylation sites (N-methyl/N-ethyl adjacent to an activating group) is 1. The molecule has 1 aromatic carbocycles. The van der Waals surface area contributed by atoms with Crippen LogP contribution in [-0.4, -0.2) is 68.2 Å². The molecule has 6 nitrogen and oxygen atoms in total. The van der Waals surface area contributed by atoms with E-state index in [9.17, 15) is 13.2 Å². The van der Waals surface area contributed by atoms with Crippen LogP contribution in [0.25, 0.3) is 0 Å². The molecule has 156 valence electrons. The molecule has 0 aliphatic carbocycles. The van der Waals surface area contributed by atoms with Crippen molar-refractivity contribution >= 4 is 27.3 Å². The van der Waals surface area contributed by atoms with Crippen LogP contribution < -0.4 is 0 Å². The molecule has 2 aliphatic rings. The Balaban J connectivity index is 1.58. The lowest BCUT2D eigenvalue weighted by molar-refractivity contribution is 0.0636. The van der Waals surface area contributed by atoms with Crippen molar-refractivity contribution in [3.63, 3.8) is 0 Å². The Morgan fingerprint density at radius 2 is 1.90 bits per heavy atom. The number of fused-ring (bicyclic) bond motifs is 1. The Hall–Kier alpha value is -1.74. The van der Waals surface area contributed by atoms with Crippen LogP contribution in [0.1, 0.15) is 33.6 Å². The standard InChI is InChI=1S/C21H27N3O3S2/c1-22(2)18-8-5-11-23(15-18)21(25)20-19(10-13-28-20)29(26,27)24-12-9-16-6-3-4-7-17(16)14-24/h3-4,6-7,10,13,18H,5,8-9,11-12,14-15H2,1-2H3. The molecule has 0 radical (unpaired) electrons. The topological polar surface area (TPSA) is 60.9 Å². The van der Waals surface area contributed by atoms with E-state index in [0.717, 1.165) is 18.4 Å². The SMILES string of the molecule is CN(C)C1CCCN(C(=O)c2sccc2S(=O)(=O)N2CCc3ccccc3C2)C1. The zero-order chi connectivity index (χ0) is 20.6. The van der Waals surface area contributed by atoms with Crippen molar-refractivity contribution in [1.82, 2.24) is 14.1 Å². The van der Waals surface area contributed by atoms with Crippen LogP contribution in [0.3, 0.4) is 0 Å². The maximum absolute atomic E-state index is 13.4. The van der Waals surface area contributed by atoms with Crippen molar-refractivity contribution in [3.05, 3.63) is 51.7 Å². The molecule has 8 heteroatoms. The van der Waals surface area contributed by atoms with Gasteiger partial charge in [0.25, 0.3) is 5.91 Å². The van der Waals surface area contributed by atoms with Gasteiger partial charge in [-0.2, -0.15) is 4.31 Å². The van der Waals surface area contributed by atoms with E-state index in [2.05, 4.69) is 11.0 Å². The molecule has 2 aromatic rings. The van der Waals surface area contributed by atoms with E-state index in [1.165, 1.54) is 21.2 Å². The molecule has 4 rings (SSSR count). The average molecular weight is 434 g/mol. The van der Waals surface area contributed by atoms with E-state index in [4.69, 9.17) is 0 Å². The number of piperidine rings is 1. The van der Waals surface area contributed by atoms with Gasteiger partial charge in [0.15, 0.2) is 0 Å². The van der Waals surface area contributed by atoms with E-state index in [1.807, 2.05) is 37.2 Å². The first-order valence-electron chi connectivity index (χ1n) is 9.98. The van der Waals surface area contributed by atoms with Gasteiger partial charge >= 0.3 is 0 Å². The first kappa shape index (κ1) is 20.5. The average Bonchev–Trinajstić information content (AvgIpc) is 3.23. The zero-order valence-corrected chi connectivity index (χ0v) is 18.5. The van der Waals surface area contributed by atoms with Gasteiger partial charge in [-0.25, -0.2) is 8.42 Å². The van der Waals surface area contributed by atoms with E-state index in [0.29, 0.717) is 43.5 Å². The molecular weight excluding hydrogens is 406 g/mol. The Kier molecular flexibility index (Phi) is 5.79. The lowest BCUT2D eigenvalue weighted by atomic mass is 10.0. The molecule has 0 N–H and O–H groups in total. The lowest BCUT2D eigenvalue weighted by Gasteiger charge is -2.36. The second kappa shape index (κ2) is 8.18. The van der Waals surface area contributed by atoms with Crippen LogP contribution in [0.15, 0.2) is 40.6 Å². The molecule has 1 atom stereocenters. The molecular formula is C21H27N3O3S2. The maximum atomic E-state index is 13.4. The molecule has 1 amide bonds. The Morgan fingerprint density at radius 1 is 1.14 bits per heavy atom. The van der Waals surface area contributed by atoms with Gasteiger partial charge in [0.05, 0.1) is 0 Å². The summed E-state index contributed by atoms with van der Waals surface area (Å²) in [6.45, 7) is 2.11. The summed E-state index contributed by atoms with van der Waals surface area (Å²) in [7, 11) is 0.324. The molecule has 1 fully saturated rings. The summed E-state index contributed by atoms with van der Waals surface area (Å²) in [5.74, 6) is -0.164. The van der Waals surface area contributed by atoms with Crippen molar-refractivity contribution in [3.8, 4) is 0 Å². The highest BCUT2D eigenvalue weighted by Gasteiger charge is 2.34. The number of hydrogen-bond acceptors (Lipinski definition) is 5. The number of thiophene rings is 1. The minimum Gasteiger partial charge on any atom is -0.336 e. The van der Waals surface area contributed by atoms with Crippen LogP contribution in [0.5, 0.6) is 0 Å². The smallest absolute Gasteiger partial charge is 0.265 e. The minimum absolute atomic E-state index is 0.152. The van der Waals surface area contributed by atoms with E-state index in [1.54, 1.807) is 11.4 Å². The number of carbonyl (C=O) groups is 1. The van der Waals surface area contributed by atoms with Gasteiger partial charge in [0, 0.05) is 32.2 Å². The molecule has 1 unspecified atom stereocenters. The predicted octanol–water partition coefficient (Wildman–Crippen LogP) is 2.66. The summed E-state index contributed by atoms with van der Waals surface area (Å²) < 4.78 is 28.3. The van der Waals surface area contributed by atoms with E-state index < -0.39 is 10.0 Å². The number of rotatable bonds is 4. The summed E-state index contributed by atoms with van der Waals surface area (Å²) in [5, 5.41) is 1.71. The zero-order valence-electron chi connectivity index (χ0n) is 16.9. The summed E-state index contributed by atoms with van der Waals surface area (Å²) in [4.78, 5) is 17.6. The summed E-state index contributed by atoms with van der Waals surface area (Å²) in [6.07, 6.45) is 2.68. The van der Waals surface area contributed by atoms with Gasteiger partial charge < -0.3 is 9.80 Å². The molecule has 1 aromatic heterocycles. The van der Waals surface area contributed by atoms with Crippen molar-refractivity contribution in [2.24, 2.45) is 0 Å². The third-order valence-corrected chi connectivity index (χ3v) is 8.87. The second-order valence-corrected chi connectivity index (χ2v) is 10.8. The Labute approximate surface area is 176 Å². The highest BCUT2D eigenvalue weighted by Crippen LogP contribution is 2.31. The number of nitrogens with zero attached hydrogens (tertiary/aromatic N) is 3. The molecule has 0 bridgehead atoms. The number of benzene rings is 1. The maximum Gasteiger partial charge on any atom is 0.265 e. The lowest BCUT2D eigenvalue weighted by Crippen LogP contribution is -2.47. The normalized spacial score (nSPS) is 20.7. The van der Waals surface area contributed by atoms with Crippen molar-refractivity contribution in [2.75, 3.05) is 33.7 Å². The fraction of sp³-hybridized carbons (Fsp3) is 0.476. The highest BCUT2D eigenvalue weighted by atomic mass is 32.2. The molecule has 29 heavy (non-hydrogen) atoms. The second-order valence-electron chi connectivity index (χ2n) is 7.98. The molecule has 0 spiro atoms. The monoisotopic (exact) mass is 433 g/mol. The van der Waals surface area contributed by atoms with Gasteiger partial charge in [-0.15, -0.1) is 11.3 Å². The third kappa shape index (κ3) is 3.99. The molecule has 1 saturated heterocycles. The minimum atomic E-state index is -3.72.